The summed E-state index contributed by atoms with van der Waals surface area (Å²) in [6.07, 6.45) is 2.91. The topological polar surface area (TPSA) is 52.5 Å². The van der Waals surface area contributed by atoms with E-state index in [1.54, 1.807) is 0 Å². The van der Waals surface area contributed by atoms with Crippen LogP contribution in [0.15, 0.2) is 24.3 Å². The molecule has 0 aliphatic rings. The Balaban J connectivity index is 2.45. The smallest absolute Gasteiger partial charge is 0.0895 e. The van der Waals surface area contributed by atoms with Crippen molar-refractivity contribution in [2.24, 2.45) is 0 Å². The number of aryl methyl sites for hydroxylation is 1. The van der Waals surface area contributed by atoms with Crippen molar-refractivity contribution < 1.29 is 10.2 Å². The summed E-state index contributed by atoms with van der Waals surface area (Å²) >= 11 is 0. The van der Waals surface area contributed by atoms with Gasteiger partial charge in [-0.05, 0) is 30.9 Å². The highest BCUT2D eigenvalue weighted by Crippen LogP contribution is 2.14. The summed E-state index contributed by atoms with van der Waals surface area (Å²) in [7, 11) is 0. The average molecular weight is 251 g/mol. The van der Waals surface area contributed by atoms with Gasteiger partial charge in [-0.1, -0.05) is 37.6 Å². The van der Waals surface area contributed by atoms with Crippen LogP contribution in [0.5, 0.6) is 0 Å². The number of hydrogen-bond acceptors (Lipinski definition) is 3. The Bertz CT molecular complexity index is 324. The highest BCUT2D eigenvalue weighted by Gasteiger charge is 2.07. The molecule has 0 spiro atoms. The minimum atomic E-state index is -0.684. The van der Waals surface area contributed by atoms with Gasteiger partial charge in [-0.3, -0.25) is 0 Å². The van der Waals surface area contributed by atoms with Gasteiger partial charge in [0.2, 0.25) is 0 Å². The predicted molar refractivity (Wildman–Crippen MR) is 74.6 cm³/mol. The van der Waals surface area contributed by atoms with Gasteiger partial charge in [-0.15, -0.1) is 0 Å². The molecule has 0 saturated carbocycles. The van der Waals surface area contributed by atoms with Crippen molar-refractivity contribution in [3.8, 4) is 0 Å². The molecular formula is C15H25NO2. The van der Waals surface area contributed by atoms with Gasteiger partial charge in [0.05, 0.1) is 12.7 Å². The number of rotatable bonds is 8. The van der Waals surface area contributed by atoms with Gasteiger partial charge in [-0.2, -0.15) is 0 Å². The van der Waals surface area contributed by atoms with Crippen molar-refractivity contribution in [2.75, 3.05) is 13.2 Å². The fourth-order valence-corrected chi connectivity index (χ4v) is 1.85. The third-order valence-corrected chi connectivity index (χ3v) is 3.17. The molecule has 0 heterocycles. The average Bonchev–Trinajstić information content (AvgIpc) is 2.42. The Morgan fingerprint density at radius 1 is 1.22 bits per heavy atom. The second-order valence-corrected chi connectivity index (χ2v) is 4.81. The molecule has 2 atom stereocenters. The molecule has 3 nitrogen and oxygen atoms in total. The molecule has 0 aromatic heterocycles. The number of aliphatic hydroxyl groups is 2. The largest absolute Gasteiger partial charge is 0.394 e. The molecule has 0 saturated heterocycles. The minimum absolute atomic E-state index is 0.187. The standard InChI is InChI=1S/C15H25NO2/c1-3-4-5-13-6-8-14(9-7-13)12(2)16-10-15(18)11-17/h6-9,12,15-18H,3-5,10-11H2,1-2H3. The SMILES string of the molecule is CCCCc1ccc(C(C)NCC(O)CO)cc1. The molecule has 2 unspecified atom stereocenters. The normalized spacial score (nSPS) is 14.4. The first kappa shape index (κ1) is 15.2. The molecule has 1 rings (SSSR count). The van der Waals surface area contributed by atoms with E-state index < -0.39 is 6.10 Å². The van der Waals surface area contributed by atoms with Crippen LogP contribution in [0.4, 0.5) is 0 Å². The molecular weight excluding hydrogens is 226 g/mol. The number of aliphatic hydroxyl groups excluding tert-OH is 2. The maximum atomic E-state index is 9.28. The summed E-state index contributed by atoms with van der Waals surface area (Å²) in [5.41, 5.74) is 2.59. The van der Waals surface area contributed by atoms with Gasteiger partial charge < -0.3 is 15.5 Å². The van der Waals surface area contributed by atoms with Gasteiger partial charge in [-0.25, -0.2) is 0 Å². The van der Waals surface area contributed by atoms with Crippen LogP contribution in [0.3, 0.4) is 0 Å². The van der Waals surface area contributed by atoms with Crippen molar-refractivity contribution >= 4 is 0 Å². The first-order chi connectivity index (χ1) is 8.67. The number of unbranched alkanes of at least 4 members (excludes halogenated alkanes) is 1. The minimum Gasteiger partial charge on any atom is -0.394 e. The van der Waals surface area contributed by atoms with Gasteiger partial charge >= 0.3 is 0 Å². The molecule has 0 aliphatic carbocycles. The van der Waals surface area contributed by atoms with Crippen LogP contribution in [0.25, 0.3) is 0 Å². The lowest BCUT2D eigenvalue weighted by Gasteiger charge is -2.16. The van der Waals surface area contributed by atoms with Crippen molar-refractivity contribution in [1.82, 2.24) is 5.32 Å². The molecule has 0 fully saturated rings. The lowest BCUT2D eigenvalue weighted by molar-refractivity contribution is 0.0924. The summed E-state index contributed by atoms with van der Waals surface area (Å²) in [5, 5.41) is 21.2. The summed E-state index contributed by atoms with van der Waals surface area (Å²) < 4.78 is 0. The number of nitrogens with one attached hydrogen (secondary N) is 1. The third kappa shape index (κ3) is 5.17. The lowest BCUT2D eigenvalue weighted by Crippen LogP contribution is -2.31. The molecule has 0 amide bonds. The summed E-state index contributed by atoms with van der Waals surface area (Å²) in [6, 6.07) is 8.80. The van der Waals surface area contributed by atoms with E-state index in [2.05, 4.69) is 43.4 Å². The fourth-order valence-electron chi connectivity index (χ4n) is 1.85. The third-order valence-electron chi connectivity index (χ3n) is 3.17. The summed E-state index contributed by atoms with van der Waals surface area (Å²) in [5.74, 6) is 0. The van der Waals surface area contributed by atoms with Crippen LogP contribution >= 0.6 is 0 Å². The van der Waals surface area contributed by atoms with E-state index in [4.69, 9.17) is 5.11 Å². The zero-order valence-electron chi connectivity index (χ0n) is 11.4. The Morgan fingerprint density at radius 2 is 1.89 bits per heavy atom. The maximum absolute atomic E-state index is 9.28. The highest BCUT2D eigenvalue weighted by molar-refractivity contribution is 5.24. The Labute approximate surface area is 110 Å². The van der Waals surface area contributed by atoms with Gasteiger partial charge in [0.15, 0.2) is 0 Å². The zero-order valence-corrected chi connectivity index (χ0v) is 11.4. The summed E-state index contributed by atoms with van der Waals surface area (Å²) in [6.45, 7) is 4.48. The fraction of sp³-hybridized carbons (Fsp3) is 0.600. The van der Waals surface area contributed by atoms with Crippen LogP contribution in [0, 0.1) is 0 Å². The monoisotopic (exact) mass is 251 g/mol. The summed E-state index contributed by atoms with van der Waals surface area (Å²) in [4.78, 5) is 0. The molecule has 0 aliphatic heterocycles. The van der Waals surface area contributed by atoms with E-state index in [0.29, 0.717) is 6.54 Å². The predicted octanol–water partition coefficient (Wildman–Crippen LogP) is 2.03. The van der Waals surface area contributed by atoms with E-state index in [0.717, 1.165) is 6.42 Å². The number of hydrogen-bond donors (Lipinski definition) is 3. The second kappa shape index (κ2) is 8.25. The van der Waals surface area contributed by atoms with Crippen molar-refractivity contribution in [3.63, 3.8) is 0 Å². The Morgan fingerprint density at radius 3 is 2.44 bits per heavy atom. The molecule has 1 aromatic rings. The Kier molecular flexibility index (Phi) is 6.94. The Hall–Kier alpha value is -0.900. The lowest BCUT2D eigenvalue weighted by atomic mass is 10.0. The molecule has 0 bridgehead atoms. The molecule has 102 valence electrons. The second-order valence-electron chi connectivity index (χ2n) is 4.81. The first-order valence-electron chi connectivity index (χ1n) is 6.78. The van der Waals surface area contributed by atoms with Crippen molar-refractivity contribution in [3.05, 3.63) is 35.4 Å². The van der Waals surface area contributed by atoms with Gasteiger partial charge in [0.25, 0.3) is 0 Å². The highest BCUT2D eigenvalue weighted by atomic mass is 16.3. The van der Waals surface area contributed by atoms with Crippen molar-refractivity contribution in [1.29, 1.82) is 0 Å². The van der Waals surface area contributed by atoms with Crippen LogP contribution in [0.2, 0.25) is 0 Å². The quantitative estimate of drug-likeness (QED) is 0.662. The number of benzene rings is 1. The van der Waals surface area contributed by atoms with E-state index in [1.807, 2.05) is 0 Å². The van der Waals surface area contributed by atoms with Crippen molar-refractivity contribution in [2.45, 2.75) is 45.3 Å². The van der Waals surface area contributed by atoms with E-state index >= 15 is 0 Å². The molecule has 1 aromatic carbocycles. The van der Waals surface area contributed by atoms with Gasteiger partial charge in [0, 0.05) is 12.6 Å². The van der Waals surface area contributed by atoms with Crippen LogP contribution in [0.1, 0.15) is 43.9 Å². The van der Waals surface area contributed by atoms with E-state index in [-0.39, 0.29) is 12.6 Å². The molecule has 3 N–H and O–H groups in total. The zero-order chi connectivity index (χ0) is 13.4. The van der Waals surface area contributed by atoms with Gasteiger partial charge in [0.1, 0.15) is 0 Å². The van der Waals surface area contributed by atoms with Crippen LogP contribution in [-0.2, 0) is 6.42 Å². The van der Waals surface area contributed by atoms with E-state index in [1.165, 1.54) is 24.0 Å². The first-order valence-corrected chi connectivity index (χ1v) is 6.78. The molecule has 3 heteroatoms. The van der Waals surface area contributed by atoms with Crippen LogP contribution in [-0.4, -0.2) is 29.5 Å². The maximum Gasteiger partial charge on any atom is 0.0895 e. The van der Waals surface area contributed by atoms with E-state index in [9.17, 15) is 5.11 Å². The molecule has 0 radical (unpaired) electrons. The van der Waals surface area contributed by atoms with Crippen LogP contribution < -0.4 is 5.32 Å². The molecule has 18 heavy (non-hydrogen) atoms.